The summed E-state index contributed by atoms with van der Waals surface area (Å²) in [5.41, 5.74) is 1.57. The molecule has 2 unspecified atom stereocenters. The van der Waals surface area contributed by atoms with Crippen LogP contribution in [-0.4, -0.2) is 59.8 Å². The van der Waals surface area contributed by atoms with Crippen molar-refractivity contribution < 1.29 is 47.8 Å². The molecule has 10 nitrogen and oxygen atoms in total. The molecule has 3 aromatic carbocycles. The van der Waals surface area contributed by atoms with Crippen LogP contribution in [-0.2, 0) is 6.42 Å². The Morgan fingerprint density at radius 1 is 0.763 bits per heavy atom. The monoisotopic (exact) mass is 526 g/mol. The van der Waals surface area contributed by atoms with E-state index in [1.54, 1.807) is 44.6 Å². The first-order chi connectivity index (χ1) is 18.4. The number of esters is 1. The number of fused-ring (bicyclic) bond motifs is 1. The largest absolute Gasteiger partial charge is 0.496 e. The normalized spacial score (nSPS) is 16.0. The average Bonchev–Trinajstić information content (AvgIpc) is 2.95. The lowest BCUT2D eigenvalue weighted by Gasteiger charge is -2.32. The van der Waals surface area contributed by atoms with Gasteiger partial charge in [-0.25, -0.2) is 4.79 Å². The van der Waals surface area contributed by atoms with Crippen LogP contribution < -0.4 is 37.9 Å². The molecule has 2 atom stereocenters. The molecule has 0 spiro atoms. The molecule has 0 fully saturated rings. The molecule has 0 aliphatic carbocycles. The molecule has 0 aromatic heterocycles. The number of aliphatic hydroxyl groups excluding tert-OH is 1. The van der Waals surface area contributed by atoms with Crippen molar-refractivity contribution in [1.82, 2.24) is 0 Å². The Hall–Kier alpha value is -4.31. The Balaban J connectivity index is 1.61. The Morgan fingerprint density at radius 3 is 2.00 bits per heavy atom. The Labute approximate surface area is 220 Å². The highest BCUT2D eigenvalue weighted by atomic mass is 16.6. The minimum Gasteiger partial charge on any atom is -0.496 e. The van der Waals surface area contributed by atoms with Crippen LogP contribution in [0.3, 0.4) is 0 Å². The van der Waals surface area contributed by atoms with Crippen molar-refractivity contribution in [3.63, 3.8) is 0 Å². The Morgan fingerprint density at radius 2 is 1.42 bits per heavy atom. The number of aliphatic hydroxyl groups is 1. The third-order valence-electron chi connectivity index (χ3n) is 6.23. The van der Waals surface area contributed by atoms with Crippen LogP contribution in [0.5, 0.6) is 46.0 Å². The van der Waals surface area contributed by atoms with Crippen molar-refractivity contribution in [1.29, 1.82) is 0 Å². The third kappa shape index (κ3) is 5.08. The molecule has 1 aliphatic heterocycles. The fraction of sp³-hybridized carbons (Fsp3) is 0.321. The van der Waals surface area contributed by atoms with E-state index in [1.807, 2.05) is 0 Å². The van der Waals surface area contributed by atoms with Crippen molar-refractivity contribution in [3.05, 3.63) is 59.2 Å². The summed E-state index contributed by atoms with van der Waals surface area (Å²) in [5.74, 6) is 2.50. The van der Waals surface area contributed by atoms with Crippen molar-refractivity contribution in [2.45, 2.75) is 18.6 Å². The number of carbonyl (C=O) groups is 1. The van der Waals surface area contributed by atoms with Gasteiger partial charge in [-0.05, 0) is 29.8 Å². The van der Waals surface area contributed by atoms with Crippen molar-refractivity contribution in [2.24, 2.45) is 0 Å². The van der Waals surface area contributed by atoms with Crippen molar-refractivity contribution in [3.8, 4) is 46.0 Å². The van der Waals surface area contributed by atoms with Crippen LogP contribution in [0, 0.1) is 0 Å². The van der Waals surface area contributed by atoms with Crippen LogP contribution in [0.15, 0.2) is 42.5 Å². The zero-order valence-electron chi connectivity index (χ0n) is 22.0. The van der Waals surface area contributed by atoms with Gasteiger partial charge in [-0.2, -0.15) is 0 Å². The van der Waals surface area contributed by atoms with Gasteiger partial charge in [-0.1, -0.05) is 6.07 Å². The molecule has 4 rings (SSSR count). The summed E-state index contributed by atoms with van der Waals surface area (Å²) < 4.78 is 44.0. The molecule has 0 saturated carbocycles. The van der Waals surface area contributed by atoms with Crippen LogP contribution in [0.1, 0.15) is 27.6 Å². The van der Waals surface area contributed by atoms with Gasteiger partial charge >= 0.3 is 5.97 Å². The van der Waals surface area contributed by atoms with Gasteiger partial charge in [0.05, 0.1) is 54.3 Å². The zero-order valence-corrected chi connectivity index (χ0v) is 22.0. The van der Waals surface area contributed by atoms with E-state index in [4.69, 9.17) is 37.9 Å². The number of carbonyl (C=O) groups excluding carboxylic acids is 1. The van der Waals surface area contributed by atoms with Crippen molar-refractivity contribution >= 4 is 5.97 Å². The highest BCUT2D eigenvalue weighted by Gasteiger charge is 2.33. The highest BCUT2D eigenvalue weighted by molar-refractivity contribution is 5.93. The van der Waals surface area contributed by atoms with Gasteiger partial charge in [0.2, 0.25) is 5.75 Å². The van der Waals surface area contributed by atoms with Gasteiger partial charge in [0.1, 0.15) is 23.4 Å². The van der Waals surface area contributed by atoms with E-state index in [2.05, 4.69) is 0 Å². The van der Waals surface area contributed by atoms with Gasteiger partial charge in [0, 0.05) is 24.1 Å². The third-order valence-corrected chi connectivity index (χ3v) is 6.23. The molecule has 0 saturated heterocycles. The summed E-state index contributed by atoms with van der Waals surface area (Å²) in [5, 5.41) is 10.9. The van der Waals surface area contributed by atoms with Gasteiger partial charge in [0.25, 0.3) is 0 Å². The predicted molar refractivity (Wildman–Crippen MR) is 137 cm³/mol. The first kappa shape index (κ1) is 26.7. The van der Waals surface area contributed by atoms with Crippen LogP contribution in [0.4, 0.5) is 0 Å². The van der Waals surface area contributed by atoms with E-state index in [9.17, 15) is 9.90 Å². The second-order valence-electron chi connectivity index (χ2n) is 8.33. The topological polar surface area (TPSA) is 111 Å². The lowest BCUT2D eigenvalue weighted by Crippen LogP contribution is -2.30. The summed E-state index contributed by atoms with van der Waals surface area (Å²) in [6.07, 6.45) is -1.25. The number of rotatable bonds is 9. The van der Waals surface area contributed by atoms with Gasteiger partial charge in [-0.3, -0.25) is 0 Å². The van der Waals surface area contributed by atoms with E-state index in [-0.39, 0.29) is 17.1 Å². The summed E-state index contributed by atoms with van der Waals surface area (Å²) >= 11 is 0. The second kappa shape index (κ2) is 11.4. The molecule has 1 heterocycles. The standard InChI is InChI=1S/C28H30O10/c1-31-17-12-21(32-2)18-14-19(29)26(37-22(18)13-17)15-7-8-20(23(9-15)33-3)38-28(30)16-10-24(34-4)27(36-6)25(11-16)35-5/h7-13,19,26,29H,14H2,1-6H3. The summed E-state index contributed by atoms with van der Waals surface area (Å²) in [6.45, 7) is 0. The number of ether oxygens (including phenoxy) is 8. The summed E-state index contributed by atoms with van der Waals surface area (Å²) in [6, 6.07) is 11.4. The van der Waals surface area contributed by atoms with E-state index in [0.29, 0.717) is 46.5 Å². The maximum Gasteiger partial charge on any atom is 0.343 e. The molecule has 0 radical (unpaired) electrons. The fourth-order valence-electron chi connectivity index (χ4n) is 4.33. The summed E-state index contributed by atoms with van der Waals surface area (Å²) in [4.78, 5) is 13.0. The van der Waals surface area contributed by atoms with Gasteiger partial charge < -0.3 is 43.0 Å². The number of hydrogen-bond donors (Lipinski definition) is 1. The van der Waals surface area contributed by atoms with Gasteiger partial charge in [-0.15, -0.1) is 0 Å². The molecule has 1 aliphatic rings. The summed E-state index contributed by atoms with van der Waals surface area (Å²) in [7, 11) is 8.96. The maximum atomic E-state index is 13.0. The first-order valence-electron chi connectivity index (χ1n) is 11.7. The zero-order chi connectivity index (χ0) is 27.4. The maximum absolute atomic E-state index is 13.0. The van der Waals surface area contributed by atoms with Crippen LogP contribution in [0.25, 0.3) is 0 Å². The molecule has 202 valence electrons. The van der Waals surface area contributed by atoms with Crippen molar-refractivity contribution in [2.75, 3.05) is 42.7 Å². The number of benzene rings is 3. The van der Waals surface area contributed by atoms with E-state index < -0.39 is 18.2 Å². The molecule has 38 heavy (non-hydrogen) atoms. The molecule has 0 bridgehead atoms. The molecular formula is C28H30O10. The number of methoxy groups -OCH3 is 6. The van der Waals surface area contributed by atoms with E-state index in [1.165, 1.54) is 40.6 Å². The van der Waals surface area contributed by atoms with Gasteiger partial charge in [0.15, 0.2) is 23.0 Å². The quantitative estimate of drug-likeness (QED) is 0.324. The van der Waals surface area contributed by atoms with Crippen LogP contribution in [0.2, 0.25) is 0 Å². The molecule has 3 aromatic rings. The minimum atomic E-state index is -0.859. The molecule has 10 heteroatoms. The second-order valence-corrected chi connectivity index (χ2v) is 8.33. The highest BCUT2D eigenvalue weighted by Crippen LogP contribution is 2.44. The number of hydrogen-bond acceptors (Lipinski definition) is 10. The average molecular weight is 527 g/mol. The minimum absolute atomic E-state index is 0.184. The van der Waals surface area contributed by atoms with E-state index in [0.717, 1.165) is 5.56 Å². The smallest absolute Gasteiger partial charge is 0.343 e. The van der Waals surface area contributed by atoms with E-state index >= 15 is 0 Å². The lowest BCUT2D eigenvalue weighted by atomic mass is 9.94. The Kier molecular flexibility index (Phi) is 8.02. The SMILES string of the molecule is COc1cc(OC)c2c(c1)OC(c1ccc(OC(=O)c3cc(OC)c(OC)c(OC)c3)c(OC)c1)C(O)C2. The van der Waals surface area contributed by atoms with Crippen LogP contribution >= 0.6 is 0 Å². The molecule has 1 N–H and O–H groups in total. The molecule has 0 amide bonds. The predicted octanol–water partition coefficient (Wildman–Crippen LogP) is 3.99. The molecular weight excluding hydrogens is 496 g/mol. The fourth-order valence-corrected chi connectivity index (χ4v) is 4.33. The lowest BCUT2D eigenvalue weighted by molar-refractivity contribution is 0.0196. The first-order valence-corrected chi connectivity index (χ1v) is 11.7. The Bertz CT molecular complexity index is 1290.